The van der Waals surface area contributed by atoms with Crippen molar-refractivity contribution in [1.82, 2.24) is 4.98 Å². The van der Waals surface area contributed by atoms with Crippen LogP contribution in [-0.4, -0.2) is 19.1 Å². The molecule has 2 rings (SSSR count). The van der Waals surface area contributed by atoms with Crippen LogP contribution in [-0.2, 0) is 0 Å². The first kappa shape index (κ1) is 13.8. The van der Waals surface area contributed by atoms with Gasteiger partial charge in [-0.2, -0.15) is 0 Å². The van der Waals surface area contributed by atoms with Crippen LogP contribution < -0.4 is 15.8 Å². The van der Waals surface area contributed by atoms with Gasteiger partial charge in [-0.15, -0.1) is 0 Å². The van der Waals surface area contributed by atoms with Crippen molar-refractivity contribution in [3.05, 3.63) is 28.9 Å². The standard InChI is InChI=1S/C13H16FN3OS/c1-7(15)12-11(17-13(16-2)19-12)9-5-4-8(18-3)6-10(9)14/h4-7H,15H2,1-3H3,(H,16,17). The molecule has 0 spiro atoms. The number of hydrogen-bond donors (Lipinski definition) is 2. The van der Waals surface area contributed by atoms with Crippen molar-refractivity contribution < 1.29 is 9.13 Å². The molecule has 0 aliphatic heterocycles. The molecule has 0 radical (unpaired) electrons. The number of nitrogens with zero attached hydrogens (tertiary/aromatic N) is 1. The molecular formula is C13H16FN3OS. The van der Waals surface area contributed by atoms with E-state index in [9.17, 15) is 4.39 Å². The van der Waals surface area contributed by atoms with Crippen LogP contribution in [0.5, 0.6) is 5.75 Å². The molecule has 1 aromatic carbocycles. The minimum atomic E-state index is -0.366. The number of benzene rings is 1. The third-order valence-corrected chi connectivity index (χ3v) is 3.99. The van der Waals surface area contributed by atoms with Gasteiger partial charge in [0.1, 0.15) is 11.6 Å². The molecular weight excluding hydrogens is 265 g/mol. The summed E-state index contributed by atoms with van der Waals surface area (Å²) in [5.41, 5.74) is 6.95. The number of nitrogens with two attached hydrogens (primary N) is 1. The Kier molecular flexibility index (Phi) is 4.01. The number of rotatable bonds is 4. The van der Waals surface area contributed by atoms with Crippen molar-refractivity contribution in [2.24, 2.45) is 5.73 Å². The van der Waals surface area contributed by atoms with Gasteiger partial charge in [-0.3, -0.25) is 0 Å². The number of methoxy groups -OCH3 is 1. The van der Waals surface area contributed by atoms with Gasteiger partial charge in [0, 0.05) is 24.7 Å². The Labute approximate surface area is 115 Å². The lowest BCUT2D eigenvalue weighted by Crippen LogP contribution is -2.04. The van der Waals surface area contributed by atoms with E-state index in [0.29, 0.717) is 17.0 Å². The van der Waals surface area contributed by atoms with Gasteiger partial charge in [0.15, 0.2) is 5.13 Å². The van der Waals surface area contributed by atoms with Crippen molar-refractivity contribution in [2.45, 2.75) is 13.0 Å². The Morgan fingerprint density at radius 2 is 2.21 bits per heavy atom. The largest absolute Gasteiger partial charge is 0.497 e. The van der Waals surface area contributed by atoms with Crippen LogP contribution in [0.1, 0.15) is 17.8 Å². The smallest absolute Gasteiger partial charge is 0.183 e. The molecule has 0 bridgehead atoms. The summed E-state index contributed by atoms with van der Waals surface area (Å²) in [5, 5.41) is 3.68. The van der Waals surface area contributed by atoms with E-state index in [-0.39, 0.29) is 11.9 Å². The molecule has 3 N–H and O–H groups in total. The van der Waals surface area contributed by atoms with Gasteiger partial charge in [0.2, 0.25) is 0 Å². The summed E-state index contributed by atoms with van der Waals surface area (Å²) in [5.74, 6) is 0.113. The number of halogens is 1. The Bertz CT molecular complexity index is 583. The third kappa shape index (κ3) is 2.69. The molecule has 6 heteroatoms. The minimum Gasteiger partial charge on any atom is -0.497 e. The van der Waals surface area contributed by atoms with E-state index in [2.05, 4.69) is 10.3 Å². The van der Waals surface area contributed by atoms with Crippen LogP contribution in [0.3, 0.4) is 0 Å². The average Bonchev–Trinajstić information content (AvgIpc) is 2.82. The van der Waals surface area contributed by atoms with Gasteiger partial charge in [-0.1, -0.05) is 11.3 Å². The van der Waals surface area contributed by atoms with Crippen LogP contribution in [0.4, 0.5) is 9.52 Å². The third-order valence-electron chi connectivity index (χ3n) is 2.71. The lowest BCUT2D eigenvalue weighted by atomic mass is 10.1. The van der Waals surface area contributed by atoms with Crippen LogP contribution in [0, 0.1) is 5.82 Å². The molecule has 1 atom stereocenters. The highest BCUT2D eigenvalue weighted by atomic mass is 32.1. The van der Waals surface area contributed by atoms with E-state index in [1.807, 2.05) is 6.92 Å². The summed E-state index contributed by atoms with van der Waals surface area (Å²) in [6, 6.07) is 4.52. The zero-order chi connectivity index (χ0) is 14.0. The second kappa shape index (κ2) is 5.54. The van der Waals surface area contributed by atoms with Crippen molar-refractivity contribution in [1.29, 1.82) is 0 Å². The summed E-state index contributed by atoms with van der Waals surface area (Å²) < 4.78 is 19.1. The number of hydrogen-bond acceptors (Lipinski definition) is 5. The lowest BCUT2D eigenvalue weighted by Gasteiger charge is -2.07. The minimum absolute atomic E-state index is 0.198. The Hall–Kier alpha value is -1.66. The van der Waals surface area contributed by atoms with E-state index in [1.165, 1.54) is 24.5 Å². The second-order valence-electron chi connectivity index (χ2n) is 4.12. The van der Waals surface area contributed by atoms with E-state index < -0.39 is 0 Å². The first-order valence-electron chi connectivity index (χ1n) is 5.84. The van der Waals surface area contributed by atoms with Crippen LogP contribution in [0.2, 0.25) is 0 Å². The van der Waals surface area contributed by atoms with E-state index in [4.69, 9.17) is 10.5 Å². The predicted octanol–water partition coefficient (Wildman–Crippen LogP) is 3.02. The second-order valence-corrected chi connectivity index (χ2v) is 5.15. The van der Waals surface area contributed by atoms with Crippen molar-refractivity contribution >= 4 is 16.5 Å². The molecule has 1 aromatic heterocycles. The predicted molar refractivity (Wildman–Crippen MR) is 76.2 cm³/mol. The van der Waals surface area contributed by atoms with Crippen molar-refractivity contribution in [3.8, 4) is 17.0 Å². The maximum Gasteiger partial charge on any atom is 0.183 e. The molecule has 0 aliphatic rings. The fraction of sp³-hybridized carbons (Fsp3) is 0.308. The van der Waals surface area contributed by atoms with Gasteiger partial charge in [-0.05, 0) is 19.1 Å². The first-order chi connectivity index (χ1) is 9.06. The molecule has 0 amide bonds. The zero-order valence-corrected chi connectivity index (χ0v) is 11.8. The highest BCUT2D eigenvalue weighted by Crippen LogP contribution is 2.36. The highest BCUT2D eigenvalue weighted by Gasteiger charge is 2.18. The summed E-state index contributed by atoms with van der Waals surface area (Å²) in [6.07, 6.45) is 0. The molecule has 2 aromatic rings. The molecule has 0 fully saturated rings. The van der Waals surface area contributed by atoms with Crippen LogP contribution in [0.25, 0.3) is 11.3 Å². The number of thiazole rings is 1. The maximum atomic E-state index is 14.1. The van der Waals surface area contributed by atoms with Crippen LogP contribution in [0.15, 0.2) is 18.2 Å². The number of ether oxygens (including phenoxy) is 1. The number of anilines is 1. The normalized spacial score (nSPS) is 12.3. The Balaban J connectivity index is 2.54. The molecule has 0 saturated heterocycles. The number of nitrogens with one attached hydrogen (secondary N) is 1. The molecule has 1 unspecified atom stereocenters. The van der Waals surface area contributed by atoms with E-state index >= 15 is 0 Å². The molecule has 102 valence electrons. The molecule has 0 aliphatic carbocycles. The maximum absolute atomic E-state index is 14.1. The Morgan fingerprint density at radius 1 is 1.47 bits per heavy atom. The topological polar surface area (TPSA) is 60.2 Å². The van der Waals surface area contributed by atoms with E-state index in [0.717, 1.165) is 10.0 Å². The van der Waals surface area contributed by atoms with Gasteiger partial charge in [0.05, 0.1) is 17.7 Å². The van der Waals surface area contributed by atoms with Crippen molar-refractivity contribution in [2.75, 3.05) is 19.5 Å². The Morgan fingerprint density at radius 3 is 2.74 bits per heavy atom. The summed E-state index contributed by atoms with van der Waals surface area (Å²) in [4.78, 5) is 5.24. The zero-order valence-electron chi connectivity index (χ0n) is 11.0. The highest BCUT2D eigenvalue weighted by molar-refractivity contribution is 7.16. The monoisotopic (exact) mass is 281 g/mol. The quantitative estimate of drug-likeness (QED) is 0.904. The van der Waals surface area contributed by atoms with Crippen molar-refractivity contribution in [3.63, 3.8) is 0 Å². The van der Waals surface area contributed by atoms with Gasteiger partial charge in [0.25, 0.3) is 0 Å². The molecule has 1 heterocycles. The average molecular weight is 281 g/mol. The van der Waals surface area contributed by atoms with Gasteiger partial charge < -0.3 is 15.8 Å². The summed E-state index contributed by atoms with van der Waals surface area (Å²) in [6.45, 7) is 1.86. The van der Waals surface area contributed by atoms with Crippen LogP contribution >= 0.6 is 11.3 Å². The molecule has 0 saturated carbocycles. The van der Waals surface area contributed by atoms with Gasteiger partial charge in [-0.25, -0.2) is 9.37 Å². The van der Waals surface area contributed by atoms with E-state index in [1.54, 1.807) is 19.2 Å². The molecule has 4 nitrogen and oxygen atoms in total. The summed E-state index contributed by atoms with van der Waals surface area (Å²) >= 11 is 1.44. The molecule has 19 heavy (non-hydrogen) atoms. The lowest BCUT2D eigenvalue weighted by molar-refractivity contribution is 0.411. The fourth-order valence-electron chi connectivity index (χ4n) is 1.76. The fourth-order valence-corrected chi connectivity index (χ4v) is 2.64. The number of aromatic nitrogens is 1. The first-order valence-corrected chi connectivity index (χ1v) is 6.66. The van der Waals surface area contributed by atoms with Gasteiger partial charge >= 0.3 is 0 Å². The SMILES string of the molecule is CNc1nc(-c2ccc(OC)cc2F)c(C(C)N)s1. The summed E-state index contributed by atoms with van der Waals surface area (Å²) in [7, 11) is 3.28.